The van der Waals surface area contributed by atoms with E-state index in [4.69, 9.17) is 4.74 Å². The lowest BCUT2D eigenvalue weighted by Crippen LogP contribution is -2.38. The highest BCUT2D eigenvalue weighted by Gasteiger charge is 2.25. The number of para-hydroxylation sites is 1. The molecule has 5 rings (SSSR count). The monoisotopic (exact) mass is 468 g/mol. The number of ether oxygens (including phenoxy) is 1. The second-order valence-corrected chi connectivity index (χ2v) is 8.69. The number of amides is 1. The molecule has 1 fully saturated rings. The standard InChI is InChI=1S/C28H28N4O3/c1-35-22-15-13-20(14-16-22)25(31-17-7-8-18-31)19-29-27(33)26-23-11-5-6-12-24(23)28(34)32(30-26)21-9-3-2-4-10-21/h2-6,9-16,25H,7-8,17-19H2,1H3,(H,29,33). The van der Waals surface area contributed by atoms with E-state index in [1.165, 1.54) is 4.68 Å². The zero-order chi connectivity index (χ0) is 24.2. The predicted molar refractivity (Wildman–Crippen MR) is 136 cm³/mol. The number of methoxy groups -OCH3 is 1. The molecular formula is C28H28N4O3. The van der Waals surface area contributed by atoms with Gasteiger partial charge in [0.15, 0.2) is 5.69 Å². The molecule has 0 bridgehead atoms. The maximum atomic E-state index is 13.5. The molecule has 3 aromatic carbocycles. The van der Waals surface area contributed by atoms with Gasteiger partial charge in [-0.1, -0.05) is 48.5 Å². The second-order valence-electron chi connectivity index (χ2n) is 8.69. The van der Waals surface area contributed by atoms with Crippen LogP contribution in [-0.2, 0) is 0 Å². The van der Waals surface area contributed by atoms with Crippen LogP contribution in [0.5, 0.6) is 5.75 Å². The first-order valence-electron chi connectivity index (χ1n) is 11.9. The highest BCUT2D eigenvalue weighted by atomic mass is 16.5. The fourth-order valence-electron chi connectivity index (χ4n) is 4.71. The van der Waals surface area contributed by atoms with Crippen molar-refractivity contribution < 1.29 is 9.53 Å². The van der Waals surface area contributed by atoms with Gasteiger partial charge < -0.3 is 10.1 Å². The van der Waals surface area contributed by atoms with Gasteiger partial charge in [0.1, 0.15) is 5.75 Å². The molecule has 35 heavy (non-hydrogen) atoms. The topological polar surface area (TPSA) is 76.5 Å². The van der Waals surface area contributed by atoms with E-state index in [0.29, 0.717) is 23.0 Å². The summed E-state index contributed by atoms with van der Waals surface area (Å²) in [5.41, 5.74) is 1.72. The summed E-state index contributed by atoms with van der Waals surface area (Å²) in [6, 6.07) is 24.3. The van der Waals surface area contributed by atoms with Crippen LogP contribution in [0.1, 0.15) is 34.9 Å². The molecule has 2 heterocycles. The number of nitrogens with zero attached hydrogens (tertiary/aromatic N) is 3. The van der Waals surface area contributed by atoms with Crippen LogP contribution in [0.25, 0.3) is 16.5 Å². The van der Waals surface area contributed by atoms with E-state index in [-0.39, 0.29) is 23.2 Å². The van der Waals surface area contributed by atoms with E-state index in [9.17, 15) is 9.59 Å². The number of benzene rings is 3. The molecule has 0 radical (unpaired) electrons. The third-order valence-electron chi connectivity index (χ3n) is 6.56. The molecule has 7 heteroatoms. The predicted octanol–water partition coefficient (Wildman–Crippen LogP) is 3.96. The van der Waals surface area contributed by atoms with Crippen molar-refractivity contribution in [3.63, 3.8) is 0 Å². The van der Waals surface area contributed by atoms with Gasteiger partial charge in [-0.2, -0.15) is 9.78 Å². The average Bonchev–Trinajstić information content (AvgIpc) is 3.45. The summed E-state index contributed by atoms with van der Waals surface area (Å²) < 4.78 is 6.61. The van der Waals surface area contributed by atoms with Crippen LogP contribution in [0.3, 0.4) is 0 Å². The summed E-state index contributed by atoms with van der Waals surface area (Å²) in [6.45, 7) is 2.42. The smallest absolute Gasteiger partial charge is 0.279 e. The molecule has 7 nitrogen and oxygen atoms in total. The largest absolute Gasteiger partial charge is 0.497 e. The first-order valence-corrected chi connectivity index (χ1v) is 11.9. The van der Waals surface area contributed by atoms with Crippen molar-refractivity contribution >= 4 is 16.7 Å². The minimum atomic E-state index is -0.302. The van der Waals surface area contributed by atoms with Crippen LogP contribution in [0.15, 0.2) is 83.7 Å². The molecule has 1 aliphatic heterocycles. The Balaban J connectivity index is 1.47. The minimum Gasteiger partial charge on any atom is -0.497 e. The Morgan fingerprint density at radius 1 is 0.943 bits per heavy atom. The van der Waals surface area contributed by atoms with Crippen molar-refractivity contribution in [2.75, 3.05) is 26.7 Å². The fourth-order valence-corrected chi connectivity index (χ4v) is 4.71. The van der Waals surface area contributed by atoms with Gasteiger partial charge in [0.25, 0.3) is 11.5 Å². The van der Waals surface area contributed by atoms with Gasteiger partial charge in [0, 0.05) is 11.9 Å². The van der Waals surface area contributed by atoms with Gasteiger partial charge in [-0.05, 0) is 61.8 Å². The molecule has 178 valence electrons. The number of carbonyl (C=O) groups is 1. The lowest BCUT2D eigenvalue weighted by molar-refractivity contribution is 0.0933. The van der Waals surface area contributed by atoms with E-state index < -0.39 is 0 Å². The molecule has 0 saturated carbocycles. The third-order valence-corrected chi connectivity index (χ3v) is 6.56. The number of fused-ring (bicyclic) bond motifs is 1. The lowest BCUT2D eigenvalue weighted by atomic mass is 10.0. The Morgan fingerprint density at radius 2 is 1.60 bits per heavy atom. The number of aromatic nitrogens is 2. The van der Waals surface area contributed by atoms with Crippen LogP contribution in [0, 0.1) is 0 Å². The number of likely N-dealkylation sites (tertiary alicyclic amines) is 1. The number of rotatable bonds is 7. The van der Waals surface area contributed by atoms with E-state index in [1.807, 2.05) is 36.4 Å². The lowest BCUT2D eigenvalue weighted by Gasteiger charge is -2.28. The Bertz CT molecular complexity index is 1380. The Labute approximate surface area is 204 Å². The first kappa shape index (κ1) is 22.8. The van der Waals surface area contributed by atoms with Crippen molar-refractivity contribution in [1.82, 2.24) is 20.0 Å². The van der Waals surface area contributed by atoms with Crippen molar-refractivity contribution in [3.8, 4) is 11.4 Å². The maximum Gasteiger partial charge on any atom is 0.279 e. The van der Waals surface area contributed by atoms with Crippen molar-refractivity contribution in [3.05, 3.63) is 100 Å². The van der Waals surface area contributed by atoms with E-state index in [0.717, 1.165) is 37.2 Å². The van der Waals surface area contributed by atoms with Crippen LogP contribution in [-0.4, -0.2) is 47.3 Å². The average molecular weight is 469 g/mol. The Kier molecular flexibility index (Phi) is 6.59. The number of carbonyl (C=O) groups excluding carboxylic acids is 1. The summed E-state index contributed by atoms with van der Waals surface area (Å²) in [4.78, 5) is 29.0. The molecule has 1 saturated heterocycles. The summed E-state index contributed by atoms with van der Waals surface area (Å²) >= 11 is 0. The molecule has 1 aliphatic rings. The van der Waals surface area contributed by atoms with E-state index in [1.54, 1.807) is 37.4 Å². The fraction of sp³-hybridized carbons (Fsp3) is 0.250. The molecular weight excluding hydrogens is 440 g/mol. The van der Waals surface area contributed by atoms with Crippen LogP contribution >= 0.6 is 0 Å². The molecule has 1 aromatic heterocycles. The number of hydrogen-bond donors (Lipinski definition) is 1. The van der Waals surface area contributed by atoms with Gasteiger partial charge >= 0.3 is 0 Å². The van der Waals surface area contributed by atoms with Crippen LogP contribution in [0.4, 0.5) is 0 Å². The van der Waals surface area contributed by atoms with Gasteiger partial charge in [-0.25, -0.2) is 0 Å². The van der Waals surface area contributed by atoms with Crippen molar-refractivity contribution in [2.45, 2.75) is 18.9 Å². The maximum absolute atomic E-state index is 13.5. The van der Waals surface area contributed by atoms with E-state index >= 15 is 0 Å². The third kappa shape index (κ3) is 4.68. The zero-order valence-corrected chi connectivity index (χ0v) is 19.7. The summed E-state index contributed by atoms with van der Waals surface area (Å²) in [6.07, 6.45) is 2.30. The molecule has 4 aromatic rings. The van der Waals surface area contributed by atoms with Crippen molar-refractivity contribution in [2.24, 2.45) is 0 Å². The van der Waals surface area contributed by atoms with Crippen LogP contribution < -0.4 is 15.6 Å². The molecule has 1 atom stereocenters. The normalized spacial score (nSPS) is 14.7. The van der Waals surface area contributed by atoms with Gasteiger partial charge in [0.05, 0.1) is 24.2 Å². The Morgan fingerprint density at radius 3 is 2.29 bits per heavy atom. The molecule has 1 N–H and O–H groups in total. The quantitative estimate of drug-likeness (QED) is 0.444. The first-order chi connectivity index (χ1) is 17.2. The van der Waals surface area contributed by atoms with Gasteiger partial charge in [-0.3, -0.25) is 14.5 Å². The highest BCUT2D eigenvalue weighted by molar-refractivity contribution is 6.04. The van der Waals surface area contributed by atoms with Crippen molar-refractivity contribution in [1.29, 1.82) is 0 Å². The second kappa shape index (κ2) is 10.1. The minimum absolute atomic E-state index is 0.0404. The van der Waals surface area contributed by atoms with Crippen LogP contribution in [0.2, 0.25) is 0 Å². The van der Waals surface area contributed by atoms with Gasteiger partial charge in [0.2, 0.25) is 0 Å². The summed E-state index contributed by atoms with van der Waals surface area (Å²) in [5.74, 6) is 0.500. The SMILES string of the molecule is COc1ccc(C(CNC(=O)c2nn(-c3ccccc3)c(=O)c3ccccc23)N2CCCC2)cc1. The number of hydrogen-bond acceptors (Lipinski definition) is 5. The number of nitrogens with one attached hydrogen (secondary N) is 1. The molecule has 0 spiro atoms. The van der Waals surface area contributed by atoms with E-state index in [2.05, 4.69) is 27.4 Å². The zero-order valence-electron chi connectivity index (χ0n) is 19.7. The molecule has 0 aliphatic carbocycles. The highest BCUT2D eigenvalue weighted by Crippen LogP contribution is 2.26. The van der Waals surface area contributed by atoms with Gasteiger partial charge in [-0.15, -0.1) is 0 Å². The summed E-state index contributed by atoms with van der Waals surface area (Å²) in [5, 5.41) is 8.61. The Hall–Kier alpha value is -3.97. The molecule has 1 amide bonds. The summed E-state index contributed by atoms with van der Waals surface area (Å²) in [7, 11) is 1.65. The molecule has 1 unspecified atom stereocenters.